The maximum atomic E-state index is 13.4. The van der Waals surface area contributed by atoms with Crippen molar-refractivity contribution in [3.05, 3.63) is 58.3 Å². The predicted octanol–water partition coefficient (Wildman–Crippen LogP) is 2.57. The number of anilines is 2. The minimum Gasteiger partial charge on any atom is -0.481 e. The number of rotatable bonds is 7. The molecular weight excluding hydrogens is 420 g/mol. The van der Waals surface area contributed by atoms with E-state index in [-0.39, 0.29) is 17.7 Å². The number of aromatic nitrogens is 4. The molecule has 4 heterocycles. The van der Waals surface area contributed by atoms with E-state index in [1.165, 1.54) is 0 Å². The number of nitrogens with one attached hydrogen (secondary N) is 1. The van der Waals surface area contributed by atoms with Crippen molar-refractivity contribution in [2.45, 2.75) is 32.9 Å². The van der Waals surface area contributed by atoms with E-state index in [1.54, 1.807) is 31.0 Å². The van der Waals surface area contributed by atoms with E-state index in [4.69, 9.17) is 14.5 Å². The van der Waals surface area contributed by atoms with Gasteiger partial charge in [0.05, 0.1) is 30.6 Å². The summed E-state index contributed by atoms with van der Waals surface area (Å²) in [5.41, 5.74) is 2.52. The Bertz CT molecular complexity index is 1180. The van der Waals surface area contributed by atoms with Gasteiger partial charge in [0.2, 0.25) is 5.88 Å². The molecule has 1 saturated heterocycles. The van der Waals surface area contributed by atoms with Crippen molar-refractivity contribution in [1.29, 1.82) is 0 Å². The molecule has 0 amide bonds. The third-order valence-corrected chi connectivity index (χ3v) is 5.93. The molecule has 4 rings (SSSR count). The average Bonchev–Trinajstić information content (AvgIpc) is 3.22. The summed E-state index contributed by atoms with van der Waals surface area (Å²) in [6.45, 7) is 7.67. The zero-order valence-corrected chi connectivity index (χ0v) is 19.7. The molecule has 9 nitrogen and oxygen atoms in total. The summed E-state index contributed by atoms with van der Waals surface area (Å²) < 4.78 is 12.8. The standard InChI is InChI=1S/C24H30N6O3/c1-6-33-19-14-30(20-9-7-8-12-25-20)13-18(19)28-22-16(3)27-23(29(4)24(22)31)17-10-11-21(32-5)26-15(17)2/h7-12,18-19,28H,6,13-14H2,1-5H3. The summed E-state index contributed by atoms with van der Waals surface area (Å²) >= 11 is 0. The lowest BCUT2D eigenvalue weighted by Gasteiger charge is -2.22. The van der Waals surface area contributed by atoms with Crippen LogP contribution in [0, 0.1) is 13.8 Å². The molecule has 3 aromatic rings. The predicted molar refractivity (Wildman–Crippen MR) is 128 cm³/mol. The third kappa shape index (κ3) is 4.54. The normalized spacial score (nSPS) is 17.9. The van der Waals surface area contributed by atoms with E-state index in [9.17, 15) is 4.79 Å². The number of methoxy groups -OCH3 is 1. The number of ether oxygens (including phenoxy) is 2. The zero-order chi connectivity index (χ0) is 23.5. The highest BCUT2D eigenvalue weighted by Gasteiger charge is 2.35. The van der Waals surface area contributed by atoms with Crippen LogP contribution in [0.15, 0.2) is 41.3 Å². The van der Waals surface area contributed by atoms with Crippen molar-refractivity contribution in [3.8, 4) is 17.3 Å². The quantitative estimate of drug-likeness (QED) is 0.587. The number of hydrogen-bond acceptors (Lipinski definition) is 8. The molecule has 9 heteroatoms. The zero-order valence-electron chi connectivity index (χ0n) is 19.7. The lowest BCUT2D eigenvalue weighted by molar-refractivity contribution is 0.0720. The molecule has 2 atom stereocenters. The summed E-state index contributed by atoms with van der Waals surface area (Å²) in [4.78, 5) is 29.2. The van der Waals surface area contributed by atoms with Crippen LogP contribution in [0.5, 0.6) is 5.88 Å². The van der Waals surface area contributed by atoms with Gasteiger partial charge >= 0.3 is 0 Å². The number of pyridine rings is 2. The summed E-state index contributed by atoms with van der Waals surface area (Å²) in [5, 5.41) is 3.44. The van der Waals surface area contributed by atoms with Gasteiger partial charge in [-0.1, -0.05) is 6.07 Å². The Hall–Kier alpha value is -3.46. The SMILES string of the molecule is CCOC1CN(c2ccccn2)CC1Nc1c(C)nc(-c2ccc(OC)nc2C)n(C)c1=O. The fourth-order valence-corrected chi connectivity index (χ4v) is 4.21. The van der Waals surface area contributed by atoms with E-state index in [1.807, 2.05) is 45.0 Å². The molecule has 0 spiro atoms. The Balaban J connectivity index is 1.64. The molecule has 33 heavy (non-hydrogen) atoms. The van der Waals surface area contributed by atoms with Gasteiger partial charge in [0.25, 0.3) is 5.56 Å². The number of hydrogen-bond donors (Lipinski definition) is 1. The van der Waals surface area contributed by atoms with Crippen LogP contribution in [0.25, 0.3) is 11.4 Å². The van der Waals surface area contributed by atoms with Gasteiger partial charge in [0, 0.05) is 44.6 Å². The van der Waals surface area contributed by atoms with Crippen molar-refractivity contribution in [1.82, 2.24) is 19.5 Å². The average molecular weight is 451 g/mol. The van der Waals surface area contributed by atoms with Crippen molar-refractivity contribution in [2.24, 2.45) is 7.05 Å². The molecule has 0 saturated carbocycles. The first kappa shape index (κ1) is 22.7. The van der Waals surface area contributed by atoms with Crippen molar-refractivity contribution in [3.63, 3.8) is 0 Å². The topological polar surface area (TPSA) is 94.4 Å². The first-order valence-electron chi connectivity index (χ1n) is 11.1. The van der Waals surface area contributed by atoms with E-state index in [0.29, 0.717) is 42.8 Å². The molecule has 1 N–H and O–H groups in total. The van der Waals surface area contributed by atoms with Gasteiger partial charge in [0.1, 0.15) is 17.3 Å². The lowest BCUT2D eigenvalue weighted by atomic mass is 10.1. The highest BCUT2D eigenvalue weighted by atomic mass is 16.5. The highest BCUT2D eigenvalue weighted by molar-refractivity contribution is 5.62. The first-order chi connectivity index (χ1) is 15.9. The van der Waals surface area contributed by atoms with Crippen LogP contribution in [0.4, 0.5) is 11.5 Å². The number of nitrogens with zero attached hydrogens (tertiary/aromatic N) is 5. The van der Waals surface area contributed by atoms with Crippen LogP contribution >= 0.6 is 0 Å². The maximum Gasteiger partial charge on any atom is 0.277 e. The number of aryl methyl sites for hydroxylation is 2. The molecule has 0 bridgehead atoms. The van der Waals surface area contributed by atoms with Crippen LogP contribution < -0.4 is 20.5 Å². The van der Waals surface area contributed by atoms with Crippen molar-refractivity contribution < 1.29 is 9.47 Å². The fraction of sp³-hybridized carbons (Fsp3) is 0.417. The van der Waals surface area contributed by atoms with E-state index in [2.05, 4.69) is 20.2 Å². The second-order valence-corrected chi connectivity index (χ2v) is 8.08. The molecule has 174 valence electrons. The van der Waals surface area contributed by atoms with Gasteiger partial charge < -0.3 is 19.7 Å². The van der Waals surface area contributed by atoms with Crippen LogP contribution in [-0.2, 0) is 11.8 Å². The molecule has 1 aliphatic rings. The smallest absolute Gasteiger partial charge is 0.277 e. The van der Waals surface area contributed by atoms with Crippen LogP contribution in [0.1, 0.15) is 18.3 Å². The molecule has 3 aromatic heterocycles. The monoisotopic (exact) mass is 450 g/mol. The third-order valence-electron chi connectivity index (χ3n) is 5.93. The Morgan fingerprint density at radius 3 is 2.61 bits per heavy atom. The largest absolute Gasteiger partial charge is 0.481 e. The summed E-state index contributed by atoms with van der Waals surface area (Å²) in [6.07, 6.45) is 1.71. The highest BCUT2D eigenvalue weighted by Crippen LogP contribution is 2.26. The van der Waals surface area contributed by atoms with Gasteiger partial charge in [0.15, 0.2) is 0 Å². The molecule has 0 aromatic carbocycles. The molecule has 0 aliphatic carbocycles. The van der Waals surface area contributed by atoms with E-state index in [0.717, 1.165) is 17.1 Å². The van der Waals surface area contributed by atoms with Crippen LogP contribution in [0.3, 0.4) is 0 Å². The second kappa shape index (κ2) is 9.58. The van der Waals surface area contributed by atoms with Gasteiger partial charge in [-0.05, 0) is 39.0 Å². The first-order valence-corrected chi connectivity index (χ1v) is 11.1. The Morgan fingerprint density at radius 1 is 1.12 bits per heavy atom. The van der Waals surface area contributed by atoms with Crippen LogP contribution in [-0.4, -0.2) is 58.5 Å². The van der Waals surface area contributed by atoms with Gasteiger partial charge in [-0.25, -0.2) is 15.0 Å². The second-order valence-electron chi connectivity index (χ2n) is 8.08. The molecular formula is C24H30N6O3. The molecule has 1 aliphatic heterocycles. The minimum absolute atomic E-state index is 0.0737. The fourth-order valence-electron chi connectivity index (χ4n) is 4.21. The maximum absolute atomic E-state index is 13.4. The summed E-state index contributed by atoms with van der Waals surface area (Å²) in [7, 11) is 3.31. The van der Waals surface area contributed by atoms with Gasteiger partial charge in [-0.15, -0.1) is 0 Å². The Kier molecular flexibility index (Phi) is 6.60. The van der Waals surface area contributed by atoms with Crippen molar-refractivity contribution in [2.75, 3.05) is 37.0 Å². The van der Waals surface area contributed by atoms with Gasteiger partial charge in [-0.2, -0.15) is 0 Å². The van der Waals surface area contributed by atoms with E-state index >= 15 is 0 Å². The summed E-state index contributed by atoms with van der Waals surface area (Å²) in [6, 6.07) is 9.43. The molecule has 0 radical (unpaired) electrons. The summed E-state index contributed by atoms with van der Waals surface area (Å²) in [5.74, 6) is 1.99. The molecule has 1 fully saturated rings. The Morgan fingerprint density at radius 2 is 1.94 bits per heavy atom. The Labute approximate surface area is 193 Å². The van der Waals surface area contributed by atoms with Crippen molar-refractivity contribution >= 4 is 11.5 Å². The molecule has 2 unspecified atom stereocenters. The van der Waals surface area contributed by atoms with Crippen LogP contribution in [0.2, 0.25) is 0 Å². The van der Waals surface area contributed by atoms with E-state index < -0.39 is 0 Å². The lowest BCUT2D eigenvalue weighted by Crippen LogP contribution is -2.38. The minimum atomic E-state index is -0.140. The van der Waals surface area contributed by atoms with Gasteiger partial charge in [-0.3, -0.25) is 9.36 Å².